The fraction of sp³-hybridized carbons (Fsp3) is 0.222. The largest absolute Gasteiger partial charge is 0.465 e. The smallest absolute Gasteiger partial charge is 0.243 e. The van der Waals surface area contributed by atoms with Crippen LogP contribution in [0.3, 0.4) is 0 Å². The molecule has 4 nitrogen and oxygen atoms in total. The lowest BCUT2D eigenvalue weighted by atomic mass is 10.1. The molecular weight excluding hydrogens is 276 g/mol. The molecule has 1 saturated carbocycles. The van der Waals surface area contributed by atoms with Crippen molar-refractivity contribution in [2.24, 2.45) is 11.0 Å². The lowest BCUT2D eigenvalue weighted by Gasteiger charge is -2.00. The summed E-state index contributed by atoms with van der Waals surface area (Å²) in [4.78, 5) is 12.1. The summed E-state index contributed by atoms with van der Waals surface area (Å²) >= 11 is 0. The van der Waals surface area contributed by atoms with Crippen LogP contribution >= 0.6 is 0 Å². The molecule has 112 valence electrons. The Morgan fingerprint density at radius 1 is 1.27 bits per heavy atom. The Labute approximate surface area is 129 Å². The fourth-order valence-corrected chi connectivity index (χ4v) is 2.41. The first-order chi connectivity index (χ1) is 10.7. The van der Waals surface area contributed by atoms with E-state index in [9.17, 15) is 4.79 Å². The van der Waals surface area contributed by atoms with Crippen LogP contribution in [0, 0.1) is 5.92 Å². The summed E-state index contributed by atoms with van der Waals surface area (Å²) in [7, 11) is 0. The molecule has 1 aromatic heterocycles. The predicted molar refractivity (Wildman–Crippen MR) is 86.3 cm³/mol. The maximum Gasteiger partial charge on any atom is 0.243 e. The summed E-state index contributed by atoms with van der Waals surface area (Å²) in [6.07, 6.45) is 6.13. The lowest BCUT2D eigenvalue weighted by molar-refractivity contribution is -0.122. The van der Waals surface area contributed by atoms with E-state index in [-0.39, 0.29) is 11.8 Å². The van der Waals surface area contributed by atoms with Gasteiger partial charge in [0.05, 0.1) is 12.0 Å². The van der Waals surface area contributed by atoms with E-state index in [1.54, 1.807) is 12.3 Å². The number of hydrogen-bond acceptors (Lipinski definition) is 3. The third-order valence-corrected chi connectivity index (χ3v) is 3.73. The zero-order valence-electron chi connectivity index (χ0n) is 12.4. The average molecular weight is 294 g/mol. The van der Waals surface area contributed by atoms with E-state index in [1.807, 2.05) is 43.3 Å². The van der Waals surface area contributed by atoms with Crippen molar-refractivity contribution in [1.29, 1.82) is 0 Å². The number of rotatable bonds is 5. The Bertz CT molecular complexity index is 687. The molecule has 0 bridgehead atoms. The van der Waals surface area contributed by atoms with Gasteiger partial charge in [-0.25, -0.2) is 5.43 Å². The van der Waals surface area contributed by atoms with E-state index in [4.69, 9.17) is 4.42 Å². The molecule has 1 aliphatic carbocycles. The quantitative estimate of drug-likeness (QED) is 0.677. The predicted octanol–water partition coefficient (Wildman–Crippen LogP) is 3.59. The van der Waals surface area contributed by atoms with Crippen LogP contribution in [0.4, 0.5) is 0 Å². The number of carbonyl (C=O) groups excluding carboxylic acids is 1. The van der Waals surface area contributed by atoms with Gasteiger partial charge in [0.25, 0.3) is 0 Å². The number of carbonyl (C=O) groups is 1. The molecule has 0 unspecified atom stereocenters. The summed E-state index contributed by atoms with van der Waals surface area (Å²) in [5, 5.41) is 4.10. The molecule has 1 N–H and O–H groups in total. The Balaban J connectivity index is 1.51. The van der Waals surface area contributed by atoms with Gasteiger partial charge in [-0.1, -0.05) is 30.3 Å². The number of furan rings is 1. The zero-order valence-corrected chi connectivity index (χ0v) is 12.4. The highest BCUT2D eigenvalue weighted by molar-refractivity contribution is 5.97. The Kier molecular flexibility index (Phi) is 4.19. The monoisotopic (exact) mass is 294 g/mol. The average Bonchev–Trinajstić information content (AvgIpc) is 3.19. The number of hydrazone groups is 1. The van der Waals surface area contributed by atoms with Gasteiger partial charge in [-0.05, 0) is 49.1 Å². The van der Waals surface area contributed by atoms with Crippen molar-refractivity contribution in [3.63, 3.8) is 0 Å². The SMILES string of the molecule is CC(/C=C/c1ccco1)=N/NC(=O)[C@H]1C[C@H]1c1ccccc1. The second kappa shape index (κ2) is 6.43. The van der Waals surface area contributed by atoms with E-state index in [1.165, 1.54) is 5.56 Å². The van der Waals surface area contributed by atoms with Crippen LogP contribution in [0.15, 0.2) is 64.3 Å². The van der Waals surface area contributed by atoms with Crippen molar-refractivity contribution in [3.8, 4) is 0 Å². The van der Waals surface area contributed by atoms with Gasteiger partial charge in [0.15, 0.2) is 0 Å². The van der Waals surface area contributed by atoms with Crippen molar-refractivity contribution in [1.82, 2.24) is 5.43 Å². The molecule has 0 aliphatic heterocycles. The highest BCUT2D eigenvalue weighted by Crippen LogP contribution is 2.47. The van der Waals surface area contributed by atoms with Crippen LogP contribution in [-0.2, 0) is 4.79 Å². The van der Waals surface area contributed by atoms with E-state index < -0.39 is 0 Å². The number of allylic oxidation sites excluding steroid dienone is 1. The number of amides is 1. The van der Waals surface area contributed by atoms with Crippen LogP contribution in [0.1, 0.15) is 30.6 Å². The molecule has 0 saturated heterocycles. The van der Waals surface area contributed by atoms with Gasteiger partial charge >= 0.3 is 0 Å². The van der Waals surface area contributed by atoms with Gasteiger partial charge in [0.1, 0.15) is 5.76 Å². The summed E-state index contributed by atoms with van der Waals surface area (Å²) in [5.74, 6) is 1.11. The van der Waals surface area contributed by atoms with E-state index in [2.05, 4.69) is 22.7 Å². The summed E-state index contributed by atoms with van der Waals surface area (Å²) in [6, 6.07) is 13.8. The molecule has 0 radical (unpaired) electrons. The Hall–Kier alpha value is -2.62. The Morgan fingerprint density at radius 2 is 2.09 bits per heavy atom. The standard InChI is InChI=1S/C18H18N2O2/c1-13(9-10-15-8-5-11-22-15)19-20-18(21)17-12-16(17)14-6-3-2-4-7-14/h2-11,16-17H,12H2,1H3,(H,20,21)/b10-9+,19-13-/t16-,17-/m0/s1. The Morgan fingerprint density at radius 3 is 2.82 bits per heavy atom. The zero-order chi connectivity index (χ0) is 15.4. The molecule has 1 aromatic carbocycles. The van der Waals surface area contributed by atoms with Gasteiger partial charge in [0, 0.05) is 5.92 Å². The minimum absolute atomic E-state index is 0.0143. The van der Waals surface area contributed by atoms with Crippen molar-refractivity contribution in [3.05, 3.63) is 66.1 Å². The molecule has 4 heteroatoms. The van der Waals surface area contributed by atoms with Gasteiger partial charge in [-0.3, -0.25) is 4.79 Å². The second-order valence-electron chi connectivity index (χ2n) is 5.44. The van der Waals surface area contributed by atoms with Crippen molar-refractivity contribution in [2.45, 2.75) is 19.3 Å². The number of nitrogens with zero attached hydrogens (tertiary/aromatic N) is 1. The first-order valence-corrected chi connectivity index (χ1v) is 7.35. The summed E-state index contributed by atoms with van der Waals surface area (Å²) in [5.41, 5.74) is 4.59. The topological polar surface area (TPSA) is 54.6 Å². The molecule has 3 rings (SSSR count). The molecule has 1 heterocycles. The number of hydrogen-bond donors (Lipinski definition) is 1. The van der Waals surface area contributed by atoms with Crippen molar-refractivity contribution >= 4 is 17.7 Å². The number of benzene rings is 1. The van der Waals surface area contributed by atoms with Gasteiger partial charge in [-0.15, -0.1) is 0 Å². The van der Waals surface area contributed by atoms with Crippen molar-refractivity contribution in [2.75, 3.05) is 0 Å². The van der Waals surface area contributed by atoms with E-state index in [0.29, 0.717) is 5.92 Å². The molecule has 0 spiro atoms. The van der Waals surface area contributed by atoms with Gasteiger partial charge in [0.2, 0.25) is 5.91 Å². The number of nitrogens with one attached hydrogen (secondary N) is 1. The maximum absolute atomic E-state index is 12.1. The van der Waals surface area contributed by atoms with E-state index in [0.717, 1.165) is 17.9 Å². The van der Waals surface area contributed by atoms with Gasteiger partial charge in [-0.2, -0.15) is 5.10 Å². The van der Waals surface area contributed by atoms with E-state index >= 15 is 0 Å². The maximum atomic E-state index is 12.1. The third kappa shape index (κ3) is 3.52. The lowest BCUT2D eigenvalue weighted by Crippen LogP contribution is -2.21. The molecule has 2 atom stereocenters. The fourth-order valence-electron chi connectivity index (χ4n) is 2.41. The van der Waals surface area contributed by atoms with Crippen LogP contribution < -0.4 is 5.43 Å². The molecule has 1 fully saturated rings. The molecule has 1 aliphatic rings. The van der Waals surface area contributed by atoms with Crippen LogP contribution in [0.2, 0.25) is 0 Å². The van der Waals surface area contributed by atoms with Crippen LogP contribution in [0.5, 0.6) is 0 Å². The van der Waals surface area contributed by atoms with Crippen LogP contribution in [-0.4, -0.2) is 11.6 Å². The first kappa shape index (κ1) is 14.3. The molecule has 22 heavy (non-hydrogen) atoms. The highest BCUT2D eigenvalue weighted by atomic mass is 16.3. The minimum Gasteiger partial charge on any atom is -0.465 e. The van der Waals surface area contributed by atoms with Crippen LogP contribution in [0.25, 0.3) is 6.08 Å². The summed E-state index contributed by atoms with van der Waals surface area (Å²) < 4.78 is 5.19. The molecular formula is C18H18N2O2. The minimum atomic E-state index is -0.0143. The van der Waals surface area contributed by atoms with Gasteiger partial charge < -0.3 is 4.42 Å². The third-order valence-electron chi connectivity index (χ3n) is 3.73. The second-order valence-corrected chi connectivity index (χ2v) is 5.44. The molecule has 1 amide bonds. The first-order valence-electron chi connectivity index (χ1n) is 7.35. The normalized spacial score (nSPS) is 21.0. The van der Waals surface area contributed by atoms with Crippen molar-refractivity contribution < 1.29 is 9.21 Å². The summed E-state index contributed by atoms with van der Waals surface area (Å²) in [6.45, 7) is 1.83. The highest BCUT2D eigenvalue weighted by Gasteiger charge is 2.43. The molecule has 2 aromatic rings.